The summed E-state index contributed by atoms with van der Waals surface area (Å²) in [6.45, 7) is 4.24. The summed E-state index contributed by atoms with van der Waals surface area (Å²) in [6.07, 6.45) is 6.47. The van der Waals surface area contributed by atoms with Crippen LogP contribution in [0.2, 0.25) is 5.02 Å². The Hall–Kier alpha value is -3.10. The zero-order chi connectivity index (χ0) is 22.2. The van der Waals surface area contributed by atoms with E-state index in [9.17, 15) is 4.39 Å². The van der Waals surface area contributed by atoms with Crippen molar-refractivity contribution in [2.75, 3.05) is 6.61 Å². The van der Waals surface area contributed by atoms with Crippen molar-refractivity contribution in [3.8, 4) is 11.3 Å². The summed E-state index contributed by atoms with van der Waals surface area (Å²) in [4.78, 5) is 27.0. The lowest BCUT2D eigenvalue weighted by atomic mass is 9.92. The highest BCUT2D eigenvalue weighted by atomic mass is 35.5. The Kier molecular flexibility index (Phi) is 5.48. The number of aryl methyl sites for hydroxylation is 2. The van der Waals surface area contributed by atoms with Crippen LogP contribution in [0.1, 0.15) is 47.8 Å². The zero-order valence-corrected chi connectivity index (χ0v) is 18.3. The third-order valence-electron chi connectivity index (χ3n) is 5.55. The van der Waals surface area contributed by atoms with Gasteiger partial charge in [0.05, 0.1) is 11.8 Å². The quantitative estimate of drug-likeness (QED) is 0.437. The number of benzene rings is 1. The molecule has 0 N–H and O–H groups in total. The van der Waals surface area contributed by atoms with Gasteiger partial charge in [0.25, 0.3) is 0 Å². The second-order valence-electron chi connectivity index (χ2n) is 7.88. The predicted octanol–water partition coefficient (Wildman–Crippen LogP) is 4.92. The maximum absolute atomic E-state index is 14.8. The first kappa shape index (κ1) is 20.8. The van der Waals surface area contributed by atoms with Crippen LogP contribution >= 0.6 is 11.6 Å². The minimum absolute atomic E-state index is 0.0101. The van der Waals surface area contributed by atoms with Gasteiger partial charge >= 0.3 is 0 Å². The highest BCUT2D eigenvalue weighted by molar-refractivity contribution is 6.30. The Labute approximate surface area is 189 Å². The normalized spacial score (nSPS) is 18.8. The standard InChI is InChI=1S/C23H20ClFN6O/c1-12-9-28-21-20(17-4-3-16(24)8-18(17)25)30-22(31-23(21)29-12)14-5-6-32-19(7-14)15-10-26-13(2)27-11-15/h3-4,8-11,14,19H,5-7H2,1-2H3/t14-,19+/m1/s1. The van der Waals surface area contributed by atoms with E-state index in [4.69, 9.17) is 26.3 Å². The Balaban J connectivity index is 1.58. The van der Waals surface area contributed by atoms with E-state index in [0.717, 1.165) is 17.7 Å². The fourth-order valence-corrected chi connectivity index (χ4v) is 4.05. The number of rotatable bonds is 3. The molecule has 0 amide bonds. The highest BCUT2D eigenvalue weighted by Crippen LogP contribution is 2.37. The van der Waals surface area contributed by atoms with Crippen LogP contribution in [0.3, 0.4) is 0 Å². The second kappa shape index (κ2) is 8.44. The summed E-state index contributed by atoms with van der Waals surface area (Å²) >= 11 is 5.96. The van der Waals surface area contributed by atoms with Gasteiger partial charge in [-0.2, -0.15) is 0 Å². The maximum atomic E-state index is 14.8. The summed E-state index contributed by atoms with van der Waals surface area (Å²) in [6, 6.07) is 4.52. The molecule has 1 aromatic carbocycles. The summed E-state index contributed by atoms with van der Waals surface area (Å²) < 4.78 is 20.8. The minimum atomic E-state index is -0.465. The molecule has 1 aliphatic rings. The van der Waals surface area contributed by atoms with Gasteiger partial charge in [-0.3, -0.25) is 0 Å². The highest BCUT2D eigenvalue weighted by Gasteiger charge is 2.29. The van der Waals surface area contributed by atoms with Crippen molar-refractivity contribution in [3.05, 3.63) is 70.5 Å². The number of fused-ring (bicyclic) bond motifs is 1. The lowest BCUT2D eigenvalue weighted by Gasteiger charge is -2.29. The smallest absolute Gasteiger partial charge is 0.182 e. The van der Waals surface area contributed by atoms with Crippen molar-refractivity contribution in [3.63, 3.8) is 0 Å². The number of halogens is 2. The first-order valence-corrected chi connectivity index (χ1v) is 10.7. The van der Waals surface area contributed by atoms with Crippen molar-refractivity contribution >= 4 is 22.8 Å². The SMILES string of the molecule is Cc1cnc2c(-c3ccc(Cl)cc3F)nc([C@@H]3CCO[C@H](c4cnc(C)nc4)C3)nc2n1. The molecule has 0 spiro atoms. The first-order chi connectivity index (χ1) is 15.5. The van der Waals surface area contributed by atoms with E-state index in [-0.39, 0.29) is 12.0 Å². The molecule has 0 radical (unpaired) electrons. The van der Waals surface area contributed by atoms with Crippen LogP contribution in [-0.2, 0) is 4.74 Å². The minimum Gasteiger partial charge on any atom is -0.373 e. The fraction of sp³-hybridized carbons (Fsp3) is 0.304. The van der Waals surface area contributed by atoms with Crippen molar-refractivity contribution in [2.24, 2.45) is 0 Å². The van der Waals surface area contributed by atoms with E-state index < -0.39 is 5.82 Å². The maximum Gasteiger partial charge on any atom is 0.182 e. The predicted molar refractivity (Wildman–Crippen MR) is 118 cm³/mol. The summed E-state index contributed by atoms with van der Waals surface area (Å²) in [5.41, 5.74) is 3.27. The van der Waals surface area contributed by atoms with Crippen LogP contribution in [0, 0.1) is 19.7 Å². The van der Waals surface area contributed by atoms with Gasteiger partial charge in [-0.05, 0) is 44.9 Å². The molecular formula is C23H20ClFN6O. The summed E-state index contributed by atoms with van der Waals surface area (Å²) in [5, 5.41) is 0.319. The number of hydrogen-bond acceptors (Lipinski definition) is 7. The molecule has 32 heavy (non-hydrogen) atoms. The molecule has 2 atom stereocenters. The lowest BCUT2D eigenvalue weighted by molar-refractivity contribution is 0.00360. The fourth-order valence-electron chi connectivity index (χ4n) is 3.89. The third-order valence-corrected chi connectivity index (χ3v) is 5.79. The molecule has 9 heteroatoms. The molecule has 1 saturated heterocycles. The van der Waals surface area contributed by atoms with Crippen LogP contribution in [-0.4, -0.2) is 36.5 Å². The molecule has 0 unspecified atom stereocenters. The molecule has 3 aromatic heterocycles. The van der Waals surface area contributed by atoms with E-state index in [2.05, 4.69) is 19.9 Å². The van der Waals surface area contributed by atoms with Gasteiger partial charge in [0.2, 0.25) is 0 Å². The van der Waals surface area contributed by atoms with E-state index in [1.807, 2.05) is 13.8 Å². The molecule has 4 heterocycles. The Morgan fingerprint density at radius 1 is 1.03 bits per heavy atom. The second-order valence-corrected chi connectivity index (χ2v) is 8.32. The van der Waals surface area contributed by atoms with Crippen molar-refractivity contribution in [1.82, 2.24) is 29.9 Å². The first-order valence-electron chi connectivity index (χ1n) is 10.3. The van der Waals surface area contributed by atoms with Crippen LogP contribution < -0.4 is 0 Å². The molecule has 1 aliphatic heterocycles. The topological polar surface area (TPSA) is 86.6 Å². The molecule has 162 valence electrons. The van der Waals surface area contributed by atoms with E-state index in [0.29, 0.717) is 52.1 Å². The molecule has 0 aliphatic carbocycles. The van der Waals surface area contributed by atoms with Crippen LogP contribution in [0.5, 0.6) is 0 Å². The molecule has 0 bridgehead atoms. The molecule has 7 nitrogen and oxygen atoms in total. The van der Waals surface area contributed by atoms with Crippen LogP contribution in [0.25, 0.3) is 22.4 Å². The van der Waals surface area contributed by atoms with Gasteiger partial charge in [0.15, 0.2) is 5.65 Å². The number of ether oxygens (including phenoxy) is 1. The van der Waals surface area contributed by atoms with Crippen molar-refractivity contribution in [2.45, 2.75) is 38.7 Å². The largest absolute Gasteiger partial charge is 0.373 e. The van der Waals surface area contributed by atoms with Gasteiger partial charge in [-0.1, -0.05) is 11.6 Å². The summed E-state index contributed by atoms with van der Waals surface area (Å²) in [7, 11) is 0. The number of aromatic nitrogens is 6. The van der Waals surface area contributed by atoms with Crippen molar-refractivity contribution < 1.29 is 9.13 Å². The van der Waals surface area contributed by atoms with Crippen molar-refractivity contribution in [1.29, 1.82) is 0 Å². The Bertz CT molecular complexity index is 1300. The zero-order valence-electron chi connectivity index (χ0n) is 17.6. The van der Waals surface area contributed by atoms with E-state index in [1.165, 1.54) is 6.07 Å². The molecule has 4 aromatic rings. The molecule has 5 rings (SSSR count). The van der Waals surface area contributed by atoms with Crippen LogP contribution in [0.4, 0.5) is 4.39 Å². The molecule has 0 saturated carbocycles. The van der Waals surface area contributed by atoms with Gasteiger partial charge < -0.3 is 4.74 Å². The Morgan fingerprint density at radius 3 is 2.62 bits per heavy atom. The van der Waals surface area contributed by atoms with Crippen LogP contribution in [0.15, 0.2) is 36.8 Å². The van der Waals surface area contributed by atoms with Gasteiger partial charge in [-0.25, -0.2) is 34.3 Å². The molecular weight excluding hydrogens is 431 g/mol. The van der Waals surface area contributed by atoms with Gasteiger partial charge in [-0.15, -0.1) is 0 Å². The average molecular weight is 451 g/mol. The monoisotopic (exact) mass is 450 g/mol. The van der Waals surface area contributed by atoms with Gasteiger partial charge in [0.1, 0.15) is 28.7 Å². The van der Waals surface area contributed by atoms with E-state index in [1.54, 1.807) is 30.7 Å². The molecule has 1 fully saturated rings. The van der Waals surface area contributed by atoms with Gasteiger partial charge in [0, 0.05) is 47.3 Å². The Morgan fingerprint density at radius 2 is 1.84 bits per heavy atom. The average Bonchev–Trinajstić information content (AvgIpc) is 2.79. The number of nitrogens with zero attached hydrogens (tertiary/aromatic N) is 6. The lowest BCUT2D eigenvalue weighted by Crippen LogP contribution is -2.21. The number of hydrogen-bond donors (Lipinski definition) is 0. The summed E-state index contributed by atoms with van der Waals surface area (Å²) in [5.74, 6) is 0.856. The van der Waals surface area contributed by atoms with E-state index >= 15 is 0 Å². The third kappa shape index (κ3) is 4.03.